The van der Waals surface area contributed by atoms with Crippen molar-refractivity contribution >= 4 is 0 Å². The molecule has 1 aromatic carbocycles. The molecule has 0 amide bonds. The summed E-state index contributed by atoms with van der Waals surface area (Å²) in [6.07, 6.45) is 0. The summed E-state index contributed by atoms with van der Waals surface area (Å²) in [5.74, 6) is 2.65. The van der Waals surface area contributed by atoms with Gasteiger partial charge in [0.05, 0.1) is 12.6 Å². The SMILES string of the molecule is CCOc1ccccc1C(N)c1c(C)oc(C)c1C. The van der Waals surface area contributed by atoms with Gasteiger partial charge in [0.15, 0.2) is 0 Å². The summed E-state index contributed by atoms with van der Waals surface area (Å²) >= 11 is 0. The van der Waals surface area contributed by atoms with Gasteiger partial charge in [-0.3, -0.25) is 0 Å². The molecule has 3 heteroatoms. The first-order valence-corrected chi connectivity index (χ1v) is 6.60. The number of para-hydroxylation sites is 1. The molecule has 0 spiro atoms. The van der Waals surface area contributed by atoms with E-state index in [2.05, 4.69) is 0 Å². The van der Waals surface area contributed by atoms with Gasteiger partial charge in [-0.1, -0.05) is 18.2 Å². The van der Waals surface area contributed by atoms with Crippen LogP contribution in [0.4, 0.5) is 0 Å². The van der Waals surface area contributed by atoms with Crippen molar-refractivity contribution in [3.63, 3.8) is 0 Å². The predicted molar refractivity (Wildman–Crippen MR) is 76.6 cm³/mol. The Morgan fingerprint density at radius 1 is 1.16 bits per heavy atom. The van der Waals surface area contributed by atoms with E-state index in [0.717, 1.165) is 34.0 Å². The van der Waals surface area contributed by atoms with Gasteiger partial charge in [0.2, 0.25) is 0 Å². The molecule has 1 unspecified atom stereocenters. The molecule has 3 nitrogen and oxygen atoms in total. The number of aryl methyl sites for hydroxylation is 2. The first-order chi connectivity index (χ1) is 9.06. The fourth-order valence-corrected chi connectivity index (χ4v) is 2.45. The third kappa shape index (κ3) is 2.51. The molecule has 1 aromatic heterocycles. The monoisotopic (exact) mass is 259 g/mol. The van der Waals surface area contributed by atoms with Gasteiger partial charge in [-0.2, -0.15) is 0 Å². The third-order valence-corrected chi connectivity index (χ3v) is 3.48. The zero-order valence-corrected chi connectivity index (χ0v) is 12.0. The molecule has 0 saturated heterocycles. The molecule has 0 fully saturated rings. The molecule has 0 aliphatic carbocycles. The van der Waals surface area contributed by atoms with Gasteiger partial charge in [-0.05, 0) is 39.3 Å². The van der Waals surface area contributed by atoms with Crippen LogP contribution in [-0.2, 0) is 0 Å². The molecule has 1 heterocycles. The van der Waals surface area contributed by atoms with E-state index in [0.29, 0.717) is 6.61 Å². The van der Waals surface area contributed by atoms with E-state index in [1.54, 1.807) is 0 Å². The Hall–Kier alpha value is -1.74. The number of rotatable bonds is 4. The molecule has 0 bridgehead atoms. The summed E-state index contributed by atoms with van der Waals surface area (Å²) < 4.78 is 11.3. The van der Waals surface area contributed by atoms with Crippen LogP contribution < -0.4 is 10.5 Å². The Labute approximate surface area is 114 Å². The van der Waals surface area contributed by atoms with Gasteiger partial charge in [0, 0.05) is 11.1 Å². The van der Waals surface area contributed by atoms with Gasteiger partial charge < -0.3 is 14.9 Å². The second-order valence-corrected chi connectivity index (χ2v) is 4.70. The quantitative estimate of drug-likeness (QED) is 0.911. The third-order valence-electron chi connectivity index (χ3n) is 3.48. The van der Waals surface area contributed by atoms with Crippen LogP contribution >= 0.6 is 0 Å². The molecule has 2 rings (SSSR count). The number of benzene rings is 1. The van der Waals surface area contributed by atoms with Crippen LogP contribution in [0.1, 0.15) is 41.2 Å². The summed E-state index contributed by atoms with van der Waals surface area (Å²) in [5, 5.41) is 0. The number of hydrogen-bond donors (Lipinski definition) is 1. The number of ether oxygens (including phenoxy) is 1. The van der Waals surface area contributed by atoms with Gasteiger partial charge in [-0.25, -0.2) is 0 Å². The van der Waals surface area contributed by atoms with E-state index in [1.165, 1.54) is 0 Å². The normalized spacial score (nSPS) is 12.5. The van der Waals surface area contributed by atoms with E-state index < -0.39 is 0 Å². The topological polar surface area (TPSA) is 48.4 Å². The van der Waals surface area contributed by atoms with Gasteiger partial charge in [0.25, 0.3) is 0 Å². The maximum Gasteiger partial charge on any atom is 0.124 e. The van der Waals surface area contributed by atoms with Crippen LogP contribution in [0.5, 0.6) is 5.75 Å². The Morgan fingerprint density at radius 3 is 2.42 bits per heavy atom. The van der Waals surface area contributed by atoms with Crippen LogP contribution in [-0.4, -0.2) is 6.61 Å². The molecule has 0 aliphatic rings. The second kappa shape index (κ2) is 5.49. The molecule has 0 radical (unpaired) electrons. The van der Waals surface area contributed by atoms with Crippen molar-refractivity contribution in [2.75, 3.05) is 6.61 Å². The van der Waals surface area contributed by atoms with Gasteiger partial charge in [-0.15, -0.1) is 0 Å². The summed E-state index contributed by atoms with van der Waals surface area (Å²) in [7, 11) is 0. The van der Waals surface area contributed by atoms with Crippen molar-refractivity contribution in [3.05, 3.63) is 52.5 Å². The lowest BCUT2D eigenvalue weighted by Crippen LogP contribution is -2.15. The Morgan fingerprint density at radius 2 is 1.84 bits per heavy atom. The molecule has 2 N–H and O–H groups in total. The molecule has 2 aromatic rings. The summed E-state index contributed by atoms with van der Waals surface area (Å²) in [6.45, 7) is 8.57. The fraction of sp³-hybridized carbons (Fsp3) is 0.375. The zero-order valence-electron chi connectivity index (χ0n) is 12.0. The van der Waals surface area contributed by atoms with Crippen molar-refractivity contribution in [1.82, 2.24) is 0 Å². The molecular weight excluding hydrogens is 238 g/mol. The first kappa shape index (κ1) is 13.7. The summed E-state index contributed by atoms with van der Waals surface area (Å²) in [5.41, 5.74) is 9.60. The average Bonchev–Trinajstić information content (AvgIpc) is 2.64. The fourth-order valence-electron chi connectivity index (χ4n) is 2.45. The van der Waals surface area contributed by atoms with Crippen LogP contribution in [0.15, 0.2) is 28.7 Å². The number of hydrogen-bond acceptors (Lipinski definition) is 3. The Balaban J connectivity index is 2.47. The predicted octanol–water partition coefficient (Wildman–Crippen LogP) is 3.65. The maximum absolute atomic E-state index is 6.42. The van der Waals surface area contributed by atoms with Crippen LogP contribution in [0.3, 0.4) is 0 Å². The summed E-state index contributed by atoms with van der Waals surface area (Å²) in [6, 6.07) is 7.68. The Bertz CT molecular complexity index is 572. The smallest absolute Gasteiger partial charge is 0.124 e. The van der Waals surface area contributed by atoms with Crippen molar-refractivity contribution in [1.29, 1.82) is 0 Å². The lowest BCUT2D eigenvalue weighted by atomic mass is 9.95. The Kier molecular flexibility index (Phi) is 3.96. The van der Waals surface area contributed by atoms with E-state index in [-0.39, 0.29) is 6.04 Å². The number of nitrogens with two attached hydrogens (primary N) is 1. The highest BCUT2D eigenvalue weighted by atomic mass is 16.5. The van der Waals surface area contributed by atoms with Crippen molar-refractivity contribution in [2.24, 2.45) is 5.73 Å². The minimum Gasteiger partial charge on any atom is -0.494 e. The van der Waals surface area contributed by atoms with Crippen molar-refractivity contribution in [2.45, 2.75) is 33.7 Å². The van der Waals surface area contributed by atoms with Gasteiger partial charge >= 0.3 is 0 Å². The largest absolute Gasteiger partial charge is 0.494 e. The average molecular weight is 259 g/mol. The highest BCUT2D eigenvalue weighted by Gasteiger charge is 2.21. The van der Waals surface area contributed by atoms with Crippen molar-refractivity contribution in [3.8, 4) is 5.75 Å². The lowest BCUT2D eigenvalue weighted by Gasteiger charge is -2.17. The lowest BCUT2D eigenvalue weighted by molar-refractivity contribution is 0.335. The highest BCUT2D eigenvalue weighted by Crippen LogP contribution is 2.33. The molecule has 0 saturated carbocycles. The molecule has 1 atom stereocenters. The zero-order chi connectivity index (χ0) is 14.0. The summed E-state index contributed by atoms with van der Waals surface area (Å²) in [4.78, 5) is 0. The highest BCUT2D eigenvalue weighted by molar-refractivity contribution is 5.45. The molecular formula is C16H21NO2. The van der Waals surface area contributed by atoms with E-state index in [4.69, 9.17) is 14.9 Å². The van der Waals surface area contributed by atoms with Crippen LogP contribution in [0.2, 0.25) is 0 Å². The second-order valence-electron chi connectivity index (χ2n) is 4.70. The molecule has 102 valence electrons. The van der Waals surface area contributed by atoms with Gasteiger partial charge in [0.1, 0.15) is 17.3 Å². The van der Waals surface area contributed by atoms with Crippen LogP contribution in [0.25, 0.3) is 0 Å². The molecule has 19 heavy (non-hydrogen) atoms. The standard InChI is InChI=1S/C16H21NO2/c1-5-18-14-9-7-6-8-13(14)16(17)15-10(2)11(3)19-12(15)4/h6-9,16H,5,17H2,1-4H3. The van der Waals surface area contributed by atoms with Crippen LogP contribution in [0, 0.1) is 20.8 Å². The molecule has 0 aliphatic heterocycles. The number of furan rings is 1. The maximum atomic E-state index is 6.42. The minimum absolute atomic E-state index is 0.222. The first-order valence-electron chi connectivity index (χ1n) is 6.60. The van der Waals surface area contributed by atoms with Crippen molar-refractivity contribution < 1.29 is 9.15 Å². The minimum atomic E-state index is -0.222. The van der Waals surface area contributed by atoms with E-state index in [1.807, 2.05) is 52.0 Å². The van der Waals surface area contributed by atoms with E-state index >= 15 is 0 Å². The van der Waals surface area contributed by atoms with E-state index in [9.17, 15) is 0 Å².